The van der Waals surface area contributed by atoms with Crippen molar-refractivity contribution in [2.75, 3.05) is 33.3 Å². The van der Waals surface area contributed by atoms with E-state index in [2.05, 4.69) is 34.7 Å². The van der Waals surface area contributed by atoms with Gasteiger partial charge in [0.25, 0.3) is 5.91 Å². The van der Waals surface area contributed by atoms with E-state index in [4.69, 9.17) is 4.74 Å². The van der Waals surface area contributed by atoms with Gasteiger partial charge in [0.2, 0.25) is 0 Å². The van der Waals surface area contributed by atoms with E-state index < -0.39 is 0 Å². The van der Waals surface area contributed by atoms with Gasteiger partial charge in [-0.15, -0.1) is 24.0 Å². The van der Waals surface area contributed by atoms with Crippen molar-refractivity contribution in [2.24, 2.45) is 10.9 Å². The maximum Gasteiger partial charge on any atom is 0.253 e. The van der Waals surface area contributed by atoms with Crippen molar-refractivity contribution in [2.45, 2.75) is 39.3 Å². The van der Waals surface area contributed by atoms with E-state index in [9.17, 15) is 4.79 Å². The molecular formula is C26H37IN4O2. The summed E-state index contributed by atoms with van der Waals surface area (Å²) >= 11 is 0. The van der Waals surface area contributed by atoms with E-state index in [1.54, 1.807) is 7.05 Å². The van der Waals surface area contributed by atoms with E-state index >= 15 is 0 Å². The van der Waals surface area contributed by atoms with Gasteiger partial charge in [0.1, 0.15) is 0 Å². The summed E-state index contributed by atoms with van der Waals surface area (Å²) in [5.41, 5.74) is 3.07. The number of carbonyl (C=O) groups excluding carboxylic acids is 1. The van der Waals surface area contributed by atoms with Crippen LogP contribution in [-0.4, -0.2) is 50.1 Å². The topological polar surface area (TPSA) is 66.0 Å². The minimum Gasteiger partial charge on any atom is -0.376 e. The van der Waals surface area contributed by atoms with Crippen LogP contribution >= 0.6 is 24.0 Å². The van der Waals surface area contributed by atoms with Crippen molar-refractivity contribution >= 4 is 35.8 Å². The zero-order chi connectivity index (χ0) is 22.6. The molecule has 0 spiro atoms. The highest BCUT2D eigenvalue weighted by Crippen LogP contribution is 2.14. The number of aliphatic imine (C=N–C) groups is 1. The van der Waals surface area contributed by atoms with Crippen LogP contribution in [0.2, 0.25) is 0 Å². The molecule has 2 N–H and O–H groups in total. The molecule has 6 nitrogen and oxygen atoms in total. The van der Waals surface area contributed by atoms with Gasteiger partial charge in [-0.2, -0.15) is 0 Å². The summed E-state index contributed by atoms with van der Waals surface area (Å²) in [7, 11) is 1.77. The second-order valence-electron chi connectivity index (χ2n) is 8.46. The molecule has 33 heavy (non-hydrogen) atoms. The molecule has 0 saturated carbocycles. The number of benzene rings is 2. The molecule has 0 bridgehead atoms. The summed E-state index contributed by atoms with van der Waals surface area (Å²) in [4.78, 5) is 18.9. The zero-order valence-electron chi connectivity index (χ0n) is 19.8. The van der Waals surface area contributed by atoms with Crippen molar-refractivity contribution in [3.8, 4) is 0 Å². The Labute approximate surface area is 215 Å². The first-order chi connectivity index (χ1) is 15.7. The number of piperidine rings is 1. The number of hydrogen-bond donors (Lipinski definition) is 2. The first-order valence-corrected chi connectivity index (χ1v) is 11.6. The van der Waals surface area contributed by atoms with Crippen LogP contribution in [0.3, 0.4) is 0 Å². The Hall–Kier alpha value is -2.13. The summed E-state index contributed by atoms with van der Waals surface area (Å²) in [5, 5.41) is 6.70. The van der Waals surface area contributed by atoms with Crippen molar-refractivity contribution in [1.82, 2.24) is 15.5 Å². The molecule has 0 aromatic heterocycles. The summed E-state index contributed by atoms with van der Waals surface area (Å²) in [6.07, 6.45) is 3.44. The smallest absolute Gasteiger partial charge is 0.253 e. The molecule has 2 aromatic carbocycles. The van der Waals surface area contributed by atoms with Gasteiger partial charge in [-0.05, 0) is 48.4 Å². The number of hydrogen-bond acceptors (Lipinski definition) is 3. The first-order valence-electron chi connectivity index (χ1n) is 11.6. The van der Waals surface area contributed by atoms with Crippen LogP contribution in [0.1, 0.15) is 47.7 Å². The molecule has 180 valence electrons. The maximum absolute atomic E-state index is 12.6. The van der Waals surface area contributed by atoms with Gasteiger partial charge in [0, 0.05) is 38.8 Å². The summed E-state index contributed by atoms with van der Waals surface area (Å²) < 4.78 is 5.82. The van der Waals surface area contributed by atoms with Crippen LogP contribution in [0, 0.1) is 5.92 Å². The highest BCUT2D eigenvalue weighted by Gasteiger charge is 2.17. The number of amides is 1. The number of likely N-dealkylation sites (tertiary alicyclic amines) is 1. The van der Waals surface area contributed by atoms with E-state index in [0.29, 0.717) is 25.7 Å². The van der Waals surface area contributed by atoms with E-state index in [1.165, 1.54) is 12.0 Å². The number of nitrogens with one attached hydrogen (secondary N) is 2. The van der Waals surface area contributed by atoms with Gasteiger partial charge in [-0.3, -0.25) is 9.79 Å². The fourth-order valence-corrected chi connectivity index (χ4v) is 3.73. The average Bonchev–Trinajstić information content (AvgIpc) is 2.85. The highest BCUT2D eigenvalue weighted by molar-refractivity contribution is 14.0. The molecule has 0 radical (unpaired) electrons. The maximum atomic E-state index is 12.6. The number of ether oxygens (including phenoxy) is 1. The first kappa shape index (κ1) is 27.1. The molecule has 1 amide bonds. The van der Waals surface area contributed by atoms with Gasteiger partial charge in [-0.1, -0.05) is 49.4 Å². The molecule has 1 saturated heterocycles. The van der Waals surface area contributed by atoms with Gasteiger partial charge in [0.05, 0.1) is 13.2 Å². The Bertz CT molecular complexity index is 852. The normalized spacial score (nSPS) is 14.8. The number of rotatable bonds is 9. The quantitative estimate of drug-likeness (QED) is 0.269. The minimum atomic E-state index is 0. The lowest BCUT2D eigenvalue weighted by atomic mass is 10.1. The molecule has 1 aliphatic rings. The molecular weight excluding hydrogens is 527 g/mol. The third kappa shape index (κ3) is 9.33. The Morgan fingerprint density at radius 1 is 1.00 bits per heavy atom. The molecule has 2 aromatic rings. The third-order valence-electron chi connectivity index (χ3n) is 5.66. The Balaban J connectivity index is 0.00000385. The molecule has 1 atom stereocenters. The zero-order valence-corrected chi connectivity index (χ0v) is 22.1. The van der Waals surface area contributed by atoms with Crippen LogP contribution < -0.4 is 10.6 Å². The van der Waals surface area contributed by atoms with Gasteiger partial charge >= 0.3 is 0 Å². The fourth-order valence-electron chi connectivity index (χ4n) is 3.73. The number of halogens is 1. The summed E-state index contributed by atoms with van der Waals surface area (Å²) in [6.45, 7) is 6.65. The van der Waals surface area contributed by atoms with E-state index in [-0.39, 0.29) is 29.9 Å². The van der Waals surface area contributed by atoms with Crippen LogP contribution in [0.5, 0.6) is 0 Å². The average molecular weight is 565 g/mol. The Kier molecular flexibility index (Phi) is 12.2. The van der Waals surface area contributed by atoms with Crippen molar-refractivity contribution in [1.29, 1.82) is 0 Å². The lowest BCUT2D eigenvalue weighted by Crippen LogP contribution is -2.39. The van der Waals surface area contributed by atoms with Gasteiger partial charge in [0.15, 0.2) is 5.96 Å². The van der Waals surface area contributed by atoms with Crippen LogP contribution in [0.25, 0.3) is 0 Å². The fraction of sp³-hybridized carbons (Fsp3) is 0.462. The van der Waals surface area contributed by atoms with Gasteiger partial charge < -0.3 is 20.3 Å². The standard InChI is InChI=1S/C26H36N4O2.HI/c1-21(19-32-20-23-9-5-3-6-10-23)17-28-26(27-2)29-18-22-11-13-24(14-12-22)25(31)30-15-7-4-8-16-30;/h3,5-6,9-14,21H,4,7-8,15-20H2,1-2H3,(H2,27,28,29);1H. The number of guanidine groups is 1. The monoisotopic (exact) mass is 564 g/mol. The molecule has 1 fully saturated rings. The minimum absolute atomic E-state index is 0. The number of carbonyl (C=O) groups is 1. The Morgan fingerprint density at radius 2 is 1.70 bits per heavy atom. The largest absolute Gasteiger partial charge is 0.376 e. The predicted molar refractivity (Wildman–Crippen MR) is 145 cm³/mol. The second kappa shape index (κ2) is 14.9. The molecule has 1 aliphatic heterocycles. The van der Waals surface area contributed by atoms with Crippen molar-refractivity contribution < 1.29 is 9.53 Å². The van der Waals surface area contributed by atoms with Crippen LogP contribution in [0.4, 0.5) is 0 Å². The third-order valence-corrected chi connectivity index (χ3v) is 5.66. The predicted octanol–water partition coefficient (Wildman–Crippen LogP) is 4.45. The lowest BCUT2D eigenvalue weighted by molar-refractivity contribution is 0.0724. The van der Waals surface area contributed by atoms with Crippen LogP contribution in [-0.2, 0) is 17.9 Å². The number of nitrogens with zero attached hydrogens (tertiary/aromatic N) is 2. The van der Waals surface area contributed by atoms with E-state index in [1.807, 2.05) is 47.4 Å². The SMILES string of the molecule is CN=C(NCc1ccc(C(=O)N2CCCCC2)cc1)NCC(C)COCc1ccccc1.I. The molecule has 1 heterocycles. The van der Waals surface area contributed by atoms with Crippen LogP contribution in [0.15, 0.2) is 59.6 Å². The highest BCUT2D eigenvalue weighted by atomic mass is 127. The second-order valence-corrected chi connectivity index (χ2v) is 8.46. The summed E-state index contributed by atoms with van der Waals surface area (Å²) in [6, 6.07) is 18.1. The lowest BCUT2D eigenvalue weighted by Gasteiger charge is -2.26. The summed E-state index contributed by atoms with van der Waals surface area (Å²) in [5.74, 6) is 1.26. The molecule has 7 heteroatoms. The van der Waals surface area contributed by atoms with Crippen molar-refractivity contribution in [3.05, 3.63) is 71.3 Å². The Morgan fingerprint density at radius 3 is 2.36 bits per heavy atom. The molecule has 3 rings (SSSR count). The molecule has 0 aliphatic carbocycles. The van der Waals surface area contributed by atoms with Crippen molar-refractivity contribution in [3.63, 3.8) is 0 Å². The molecule has 1 unspecified atom stereocenters. The van der Waals surface area contributed by atoms with Gasteiger partial charge in [-0.25, -0.2) is 0 Å². The van der Waals surface area contributed by atoms with E-state index in [0.717, 1.165) is 49.6 Å².